The van der Waals surface area contributed by atoms with E-state index in [2.05, 4.69) is 187 Å². The van der Waals surface area contributed by atoms with Gasteiger partial charge >= 0.3 is 0 Å². The van der Waals surface area contributed by atoms with Crippen molar-refractivity contribution in [3.05, 3.63) is 181 Å². The van der Waals surface area contributed by atoms with Gasteiger partial charge in [-0.05, 0) is 94.5 Å². The highest BCUT2D eigenvalue weighted by atomic mass is 16.5. The van der Waals surface area contributed by atoms with Crippen LogP contribution in [0.15, 0.2) is 170 Å². The van der Waals surface area contributed by atoms with Crippen LogP contribution >= 0.6 is 0 Å². The average Bonchev–Trinajstić information content (AvgIpc) is 3.64. The van der Waals surface area contributed by atoms with Crippen molar-refractivity contribution in [2.75, 3.05) is 4.90 Å². The first-order valence-electron chi connectivity index (χ1n) is 18.0. The van der Waals surface area contributed by atoms with Crippen molar-refractivity contribution in [2.24, 2.45) is 0 Å². The summed E-state index contributed by atoms with van der Waals surface area (Å²) in [4.78, 5) is 2.46. The van der Waals surface area contributed by atoms with Gasteiger partial charge in [-0.25, -0.2) is 0 Å². The maximum absolute atomic E-state index is 6.55. The van der Waals surface area contributed by atoms with Crippen molar-refractivity contribution < 1.29 is 4.74 Å². The van der Waals surface area contributed by atoms with Crippen LogP contribution in [0.4, 0.5) is 17.1 Å². The van der Waals surface area contributed by atoms with Crippen molar-refractivity contribution in [1.29, 1.82) is 0 Å². The molecule has 11 rings (SSSR count). The number of para-hydroxylation sites is 3. The summed E-state index contributed by atoms with van der Waals surface area (Å²) < 4.78 is 8.93. The molecule has 3 nitrogen and oxygen atoms in total. The highest BCUT2D eigenvalue weighted by molar-refractivity contribution is 6.13. The Morgan fingerprint density at radius 1 is 0.462 bits per heavy atom. The molecule has 8 aromatic carbocycles. The van der Waals surface area contributed by atoms with E-state index in [1.165, 1.54) is 49.6 Å². The second kappa shape index (κ2) is 10.7. The van der Waals surface area contributed by atoms with Crippen LogP contribution in [0, 0.1) is 0 Å². The van der Waals surface area contributed by atoms with Gasteiger partial charge in [0.1, 0.15) is 11.5 Å². The van der Waals surface area contributed by atoms with Crippen LogP contribution in [0.1, 0.15) is 25.0 Å². The lowest BCUT2D eigenvalue weighted by Crippen LogP contribution is -2.16. The normalized spacial score (nSPS) is 13.5. The lowest BCUT2D eigenvalue weighted by atomic mass is 9.82. The van der Waals surface area contributed by atoms with Crippen molar-refractivity contribution in [1.82, 2.24) is 4.57 Å². The molecule has 1 aliphatic heterocycles. The predicted molar refractivity (Wildman–Crippen MR) is 216 cm³/mol. The second-order valence-electron chi connectivity index (χ2n) is 14.5. The third-order valence-electron chi connectivity index (χ3n) is 11.4. The highest BCUT2D eigenvalue weighted by Gasteiger charge is 2.36. The summed E-state index contributed by atoms with van der Waals surface area (Å²) in [7, 11) is 0. The van der Waals surface area contributed by atoms with Gasteiger partial charge in [-0.3, -0.25) is 0 Å². The van der Waals surface area contributed by atoms with E-state index in [1.807, 2.05) is 6.07 Å². The third kappa shape index (κ3) is 4.02. The van der Waals surface area contributed by atoms with Crippen LogP contribution < -0.4 is 9.64 Å². The van der Waals surface area contributed by atoms with Gasteiger partial charge in [0.2, 0.25) is 0 Å². The van der Waals surface area contributed by atoms with Crippen LogP contribution in [0.2, 0.25) is 0 Å². The molecule has 52 heavy (non-hydrogen) atoms. The van der Waals surface area contributed by atoms with Crippen molar-refractivity contribution in [2.45, 2.75) is 19.3 Å². The lowest BCUT2D eigenvalue weighted by molar-refractivity contribution is 0.487. The van der Waals surface area contributed by atoms with E-state index >= 15 is 0 Å². The summed E-state index contributed by atoms with van der Waals surface area (Å²) in [5.74, 6) is 1.78. The zero-order valence-corrected chi connectivity index (χ0v) is 29.0. The van der Waals surface area contributed by atoms with Gasteiger partial charge in [-0.1, -0.05) is 117 Å². The summed E-state index contributed by atoms with van der Waals surface area (Å²) in [5, 5.41) is 4.74. The molecule has 0 atom stereocenters. The van der Waals surface area contributed by atoms with E-state index in [9.17, 15) is 0 Å². The maximum Gasteiger partial charge on any atom is 0.135 e. The Hall–Kier alpha value is -6.58. The van der Waals surface area contributed by atoms with Gasteiger partial charge < -0.3 is 14.2 Å². The molecule has 0 bridgehead atoms. The van der Waals surface area contributed by atoms with Gasteiger partial charge in [-0.2, -0.15) is 0 Å². The topological polar surface area (TPSA) is 17.4 Å². The van der Waals surface area contributed by atoms with E-state index in [-0.39, 0.29) is 5.41 Å². The van der Waals surface area contributed by atoms with E-state index in [1.54, 1.807) is 0 Å². The molecule has 3 heteroatoms. The van der Waals surface area contributed by atoms with Gasteiger partial charge in [-0.15, -0.1) is 0 Å². The predicted octanol–water partition coefficient (Wildman–Crippen LogP) is 13.5. The molecule has 9 aromatic rings. The molecule has 1 aliphatic carbocycles. The summed E-state index contributed by atoms with van der Waals surface area (Å²) in [6, 6.07) is 61.7. The molecule has 0 unspecified atom stereocenters. The minimum absolute atomic E-state index is 0.127. The summed E-state index contributed by atoms with van der Waals surface area (Å²) >= 11 is 0. The molecule has 2 heterocycles. The number of fused-ring (bicyclic) bond motifs is 8. The van der Waals surface area contributed by atoms with Crippen molar-refractivity contribution in [3.8, 4) is 39.4 Å². The Kier molecular flexibility index (Phi) is 6.01. The second-order valence-corrected chi connectivity index (χ2v) is 14.5. The zero-order valence-electron chi connectivity index (χ0n) is 29.0. The molecular formula is C49H34N2O. The van der Waals surface area contributed by atoms with Crippen LogP contribution in [0.3, 0.4) is 0 Å². The number of nitrogens with zero attached hydrogens (tertiary/aromatic N) is 2. The number of aromatic nitrogens is 1. The minimum atomic E-state index is -0.127. The van der Waals surface area contributed by atoms with E-state index in [0.29, 0.717) is 0 Å². The Morgan fingerprint density at radius 2 is 1.12 bits per heavy atom. The highest BCUT2D eigenvalue weighted by Crippen LogP contribution is 2.53. The van der Waals surface area contributed by atoms with Crippen LogP contribution in [0.25, 0.3) is 60.5 Å². The molecule has 2 aliphatic rings. The standard InChI is InChI=1S/C49H34N2O/c1-49(2)41-19-9-6-15-34(41)35-25-23-33(30-42(35)49)50(44-28-26-38-37-17-8-11-21-46(37)52-47-22-12-18-39(44)48(38)47)32-24-27-45-40(29-32)36-16-7-10-20-43(36)51(45)31-13-4-3-5-14-31/h3-30H,1-2H3. The van der Waals surface area contributed by atoms with Crippen LogP contribution in [0.5, 0.6) is 11.5 Å². The largest absolute Gasteiger partial charge is 0.456 e. The average molecular weight is 667 g/mol. The summed E-state index contributed by atoms with van der Waals surface area (Å²) in [6.45, 7) is 4.71. The Bertz CT molecular complexity index is 2920. The lowest BCUT2D eigenvalue weighted by Gasteiger charge is -2.30. The molecule has 246 valence electrons. The molecule has 0 amide bonds. The maximum atomic E-state index is 6.55. The van der Waals surface area contributed by atoms with E-state index in [0.717, 1.165) is 50.6 Å². The molecular weight excluding hydrogens is 633 g/mol. The van der Waals surface area contributed by atoms with Gasteiger partial charge in [0, 0.05) is 49.6 Å². The number of anilines is 3. The Balaban J connectivity index is 1.19. The van der Waals surface area contributed by atoms with Crippen molar-refractivity contribution in [3.63, 3.8) is 0 Å². The van der Waals surface area contributed by atoms with E-state index < -0.39 is 0 Å². The zero-order chi connectivity index (χ0) is 34.6. The fourth-order valence-corrected chi connectivity index (χ4v) is 8.97. The number of hydrogen-bond donors (Lipinski definition) is 0. The molecule has 0 saturated heterocycles. The quantitative estimate of drug-likeness (QED) is 0.186. The van der Waals surface area contributed by atoms with Crippen LogP contribution in [-0.4, -0.2) is 4.57 Å². The van der Waals surface area contributed by atoms with Gasteiger partial charge in [0.05, 0.1) is 16.7 Å². The SMILES string of the molecule is CC1(C)c2ccccc2-c2ccc(N(c3ccc4c(c3)c3ccccc3n4-c3ccccc3)c3ccc4c5c(cccc35)Oc3ccccc3-4)cc21. The van der Waals surface area contributed by atoms with Crippen molar-refractivity contribution >= 4 is 49.6 Å². The summed E-state index contributed by atoms with van der Waals surface area (Å²) in [6.07, 6.45) is 0. The molecule has 0 fully saturated rings. The Labute approximate surface area is 302 Å². The van der Waals surface area contributed by atoms with Gasteiger partial charge in [0.25, 0.3) is 0 Å². The third-order valence-corrected chi connectivity index (χ3v) is 11.4. The number of rotatable bonds is 4. The molecule has 0 spiro atoms. The monoisotopic (exact) mass is 666 g/mol. The molecule has 0 radical (unpaired) electrons. The Morgan fingerprint density at radius 3 is 2.02 bits per heavy atom. The molecule has 0 saturated carbocycles. The molecule has 0 N–H and O–H groups in total. The summed E-state index contributed by atoms with van der Waals surface area (Å²) in [5.41, 5.74) is 14.4. The fraction of sp³-hybridized carbons (Fsp3) is 0.0612. The first-order valence-corrected chi connectivity index (χ1v) is 18.0. The first kappa shape index (κ1) is 29.2. The number of hydrogen-bond acceptors (Lipinski definition) is 2. The minimum Gasteiger partial charge on any atom is -0.456 e. The first-order chi connectivity index (χ1) is 25.6. The molecule has 1 aromatic heterocycles. The van der Waals surface area contributed by atoms with Crippen LogP contribution in [-0.2, 0) is 5.41 Å². The van der Waals surface area contributed by atoms with Gasteiger partial charge in [0.15, 0.2) is 0 Å². The fourth-order valence-electron chi connectivity index (χ4n) is 8.97. The number of benzene rings is 8. The number of ether oxygens (including phenoxy) is 1. The smallest absolute Gasteiger partial charge is 0.135 e. The van der Waals surface area contributed by atoms with E-state index in [4.69, 9.17) is 4.74 Å².